The van der Waals surface area contributed by atoms with Crippen molar-refractivity contribution in [1.29, 1.82) is 0 Å². The van der Waals surface area contributed by atoms with Crippen molar-refractivity contribution < 1.29 is 9.53 Å². The number of carbonyl (C=O) groups excluding carboxylic acids is 1. The molecule has 0 aromatic rings. The summed E-state index contributed by atoms with van der Waals surface area (Å²) in [6.45, 7) is 19.8. The van der Waals surface area contributed by atoms with E-state index in [0.29, 0.717) is 17.9 Å². The van der Waals surface area contributed by atoms with E-state index in [0.717, 1.165) is 32.1 Å². The summed E-state index contributed by atoms with van der Waals surface area (Å²) in [5.74, 6) is 0. The second kappa shape index (κ2) is 9.01. The molecule has 0 N–H and O–H groups in total. The SMILES string of the molecule is C/C(=C\CCC(=O)[Si](C)(C)C(C)(C)C)CC/C=C(\C)CC[C@@H]1OC1(C)C. The molecular formula is C23H42O2Si. The van der Waals surface area contributed by atoms with Crippen LogP contribution in [-0.2, 0) is 9.53 Å². The molecule has 0 radical (unpaired) electrons. The second-order valence-electron chi connectivity index (χ2n) is 10.2. The molecule has 1 aliphatic heterocycles. The lowest BCUT2D eigenvalue weighted by Crippen LogP contribution is -2.46. The minimum Gasteiger partial charge on any atom is -0.367 e. The van der Waals surface area contributed by atoms with Gasteiger partial charge in [0.1, 0.15) is 13.5 Å². The summed E-state index contributed by atoms with van der Waals surface area (Å²) in [6.07, 6.45) is 11.2. The molecule has 0 amide bonds. The minimum atomic E-state index is -1.83. The molecule has 1 fully saturated rings. The zero-order valence-electron chi connectivity index (χ0n) is 18.8. The highest BCUT2D eigenvalue weighted by Crippen LogP contribution is 2.39. The van der Waals surface area contributed by atoms with Crippen molar-refractivity contribution >= 4 is 13.5 Å². The molecule has 0 saturated carbocycles. The Balaban J connectivity index is 2.29. The van der Waals surface area contributed by atoms with Crippen molar-refractivity contribution in [3.05, 3.63) is 23.3 Å². The molecule has 0 bridgehead atoms. The van der Waals surface area contributed by atoms with Crippen LogP contribution in [0, 0.1) is 0 Å². The van der Waals surface area contributed by atoms with Gasteiger partial charge in [-0.2, -0.15) is 0 Å². The molecular weight excluding hydrogens is 336 g/mol. The van der Waals surface area contributed by atoms with Gasteiger partial charge in [-0.05, 0) is 64.8 Å². The van der Waals surface area contributed by atoms with Crippen LogP contribution < -0.4 is 0 Å². The molecule has 150 valence electrons. The first-order chi connectivity index (χ1) is 11.8. The van der Waals surface area contributed by atoms with Gasteiger partial charge in [0.15, 0.2) is 0 Å². The molecule has 1 rings (SSSR count). The third kappa shape index (κ3) is 7.15. The monoisotopic (exact) mass is 378 g/mol. The topological polar surface area (TPSA) is 29.6 Å². The Labute approximate surface area is 163 Å². The standard InChI is InChI=1S/C23H42O2Si/c1-18(14-11-15-21(24)26(8,9)22(3,4)5)12-10-13-19(2)16-17-20-23(6,7)25-20/h13-14,20H,10-12,15-17H2,1-9H3/b18-14+,19-13+/t20-/m0/s1. The van der Waals surface area contributed by atoms with Crippen molar-refractivity contribution in [2.75, 3.05) is 0 Å². The lowest BCUT2D eigenvalue weighted by Gasteiger charge is -2.35. The van der Waals surface area contributed by atoms with E-state index in [1.165, 1.54) is 11.1 Å². The first kappa shape index (κ1) is 23.4. The molecule has 1 heterocycles. The summed E-state index contributed by atoms with van der Waals surface area (Å²) in [5.41, 5.74) is 2.99. The fourth-order valence-electron chi connectivity index (χ4n) is 3.03. The molecule has 26 heavy (non-hydrogen) atoms. The van der Waals surface area contributed by atoms with Crippen molar-refractivity contribution in [3.63, 3.8) is 0 Å². The van der Waals surface area contributed by atoms with Crippen LogP contribution in [0.4, 0.5) is 0 Å². The van der Waals surface area contributed by atoms with Gasteiger partial charge < -0.3 is 9.53 Å². The Bertz CT molecular complexity index is 547. The summed E-state index contributed by atoms with van der Waals surface area (Å²) in [4.78, 5) is 12.6. The zero-order valence-corrected chi connectivity index (χ0v) is 19.8. The van der Waals surface area contributed by atoms with Crippen molar-refractivity contribution in [2.45, 2.75) is 117 Å². The van der Waals surface area contributed by atoms with E-state index in [9.17, 15) is 4.79 Å². The fraction of sp³-hybridized carbons (Fsp3) is 0.783. The van der Waals surface area contributed by atoms with Crippen molar-refractivity contribution in [1.82, 2.24) is 0 Å². The van der Waals surface area contributed by atoms with Gasteiger partial charge >= 0.3 is 0 Å². The van der Waals surface area contributed by atoms with Crippen LogP contribution >= 0.6 is 0 Å². The van der Waals surface area contributed by atoms with Gasteiger partial charge in [-0.3, -0.25) is 0 Å². The maximum Gasteiger partial charge on any atom is 0.132 e. The van der Waals surface area contributed by atoms with Gasteiger partial charge in [0, 0.05) is 6.42 Å². The molecule has 3 heteroatoms. The molecule has 1 aliphatic rings. The summed E-state index contributed by atoms with van der Waals surface area (Å²) in [5, 5.41) is 0.654. The van der Waals surface area contributed by atoms with Crippen LogP contribution in [0.2, 0.25) is 18.1 Å². The quantitative estimate of drug-likeness (QED) is 0.232. The predicted molar refractivity (Wildman–Crippen MR) is 116 cm³/mol. The second-order valence-corrected chi connectivity index (χ2v) is 15.5. The van der Waals surface area contributed by atoms with E-state index < -0.39 is 8.07 Å². The largest absolute Gasteiger partial charge is 0.367 e. The number of carbonyl (C=O) groups is 1. The third-order valence-electron chi connectivity index (χ3n) is 6.43. The van der Waals surface area contributed by atoms with Crippen LogP contribution in [0.25, 0.3) is 0 Å². The molecule has 2 nitrogen and oxygen atoms in total. The molecule has 1 atom stereocenters. The van der Waals surface area contributed by atoms with Crippen LogP contribution in [0.3, 0.4) is 0 Å². The van der Waals surface area contributed by atoms with Crippen LogP contribution in [-0.4, -0.2) is 25.2 Å². The molecule has 0 aliphatic carbocycles. The number of hydrogen-bond donors (Lipinski definition) is 0. The van der Waals surface area contributed by atoms with E-state index in [2.05, 4.69) is 73.7 Å². The summed E-state index contributed by atoms with van der Waals surface area (Å²) in [7, 11) is -1.83. The van der Waals surface area contributed by atoms with Crippen molar-refractivity contribution in [2.24, 2.45) is 0 Å². The summed E-state index contributed by atoms with van der Waals surface area (Å²) >= 11 is 0. The maximum absolute atomic E-state index is 12.6. The highest BCUT2D eigenvalue weighted by atomic mass is 28.3. The lowest BCUT2D eigenvalue weighted by molar-refractivity contribution is -0.112. The fourth-order valence-corrected chi connectivity index (χ4v) is 4.63. The molecule has 0 aromatic carbocycles. The number of hydrogen-bond acceptors (Lipinski definition) is 2. The highest BCUT2D eigenvalue weighted by Gasteiger charge is 2.46. The van der Waals surface area contributed by atoms with Gasteiger partial charge in [0.2, 0.25) is 0 Å². The Morgan fingerprint density at radius 2 is 1.46 bits per heavy atom. The average molecular weight is 379 g/mol. The van der Waals surface area contributed by atoms with Gasteiger partial charge in [-0.1, -0.05) is 57.2 Å². The lowest BCUT2D eigenvalue weighted by atomic mass is 10.0. The number of allylic oxidation sites excluding steroid dienone is 4. The molecule has 1 saturated heterocycles. The number of ether oxygens (including phenoxy) is 1. The van der Waals surface area contributed by atoms with Crippen molar-refractivity contribution in [3.8, 4) is 0 Å². The smallest absolute Gasteiger partial charge is 0.132 e. The van der Waals surface area contributed by atoms with Gasteiger partial charge in [-0.25, -0.2) is 0 Å². The van der Waals surface area contributed by atoms with E-state index in [1.807, 2.05) is 0 Å². The first-order valence-electron chi connectivity index (χ1n) is 10.3. The maximum atomic E-state index is 12.6. The molecule has 0 aromatic heterocycles. The first-order valence-corrected chi connectivity index (χ1v) is 13.3. The Morgan fingerprint density at radius 3 is 1.92 bits per heavy atom. The van der Waals surface area contributed by atoms with Crippen LogP contribution in [0.15, 0.2) is 23.3 Å². The Hall–Kier alpha value is -0.673. The minimum absolute atomic E-state index is 0.113. The Kier molecular flexibility index (Phi) is 8.10. The normalized spacial score (nSPS) is 21.0. The average Bonchev–Trinajstić information content (AvgIpc) is 3.11. The number of rotatable bonds is 10. The Morgan fingerprint density at radius 1 is 1.00 bits per heavy atom. The highest BCUT2D eigenvalue weighted by molar-refractivity contribution is 7.06. The van der Waals surface area contributed by atoms with E-state index in [-0.39, 0.29) is 10.6 Å². The van der Waals surface area contributed by atoms with Gasteiger partial charge in [0.25, 0.3) is 0 Å². The van der Waals surface area contributed by atoms with E-state index >= 15 is 0 Å². The summed E-state index contributed by atoms with van der Waals surface area (Å²) < 4.78 is 5.64. The summed E-state index contributed by atoms with van der Waals surface area (Å²) in [6, 6.07) is 0. The van der Waals surface area contributed by atoms with Crippen LogP contribution in [0.1, 0.15) is 87.0 Å². The zero-order chi connectivity index (χ0) is 20.2. The number of epoxide rings is 1. The molecule has 0 spiro atoms. The molecule has 0 unspecified atom stereocenters. The van der Waals surface area contributed by atoms with Gasteiger partial charge in [0.05, 0.1) is 11.7 Å². The van der Waals surface area contributed by atoms with E-state index in [1.54, 1.807) is 0 Å². The third-order valence-corrected chi connectivity index (χ3v) is 11.8. The van der Waals surface area contributed by atoms with Crippen LogP contribution in [0.5, 0.6) is 0 Å². The van der Waals surface area contributed by atoms with Gasteiger partial charge in [-0.15, -0.1) is 0 Å². The van der Waals surface area contributed by atoms with E-state index in [4.69, 9.17) is 4.74 Å². The predicted octanol–water partition coefficient (Wildman–Crippen LogP) is 7.01.